The smallest absolute Gasteiger partial charge is 0.252 e. The highest BCUT2D eigenvalue weighted by Gasteiger charge is 2.15. The second-order valence-corrected chi connectivity index (χ2v) is 3.45. The van der Waals surface area contributed by atoms with E-state index >= 15 is 0 Å². The number of carbonyl (C=O) groups excluding carboxylic acids is 2. The predicted molar refractivity (Wildman–Crippen MR) is 59.1 cm³/mol. The van der Waals surface area contributed by atoms with Crippen LogP contribution in [0, 0.1) is 5.82 Å². The van der Waals surface area contributed by atoms with Crippen molar-refractivity contribution in [3.8, 4) is 5.75 Å². The van der Waals surface area contributed by atoms with Crippen LogP contribution in [0.5, 0.6) is 5.75 Å². The van der Waals surface area contributed by atoms with Gasteiger partial charge in [0.1, 0.15) is 6.04 Å². The molecule has 0 saturated carbocycles. The lowest BCUT2D eigenvalue weighted by Crippen LogP contribution is -2.42. The fraction of sp³-hybridized carbons (Fsp3) is 0.273. The van der Waals surface area contributed by atoms with Crippen LogP contribution in [0.25, 0.3) is 0 Å². The molecule has 17 heavy (non-hydrogen) atoms. The van der Waals surface area contributed by atoms with E-state index in [4.69, 9.17) is 10.5 Å². The number of amides is 2. The minimum atomic E-state index is -0.793. The quantitative estimate of drug-likeness (QED) is 0.801. The molecule has 3 N–H and O–H groups in total. The van der Waals surface area contributed by atoms with Gasteiger partial charge in [-0.25, -0.2) is 4.39 Å². The maximum atomic E-state index is 13.1. The molecule has 0 heterocycles. The summed E-state index contributed by atoms with van der Waals surface area (Å²) < 4.78 is 17.8. The Bertz CT molecular complexity index is 448. The van der Waals surface area contributed by atoms with Gasteiger partial charge in [-0.15, -0.1) is 0 Å². The number of methoxy groups -OCH3 is 1. The van der Waals surface area contributed by atoms with E-state index in [2.05, 4.69) is 5.32 Å². The van der Waals surface area contributed by atoms with Gasteiger partial charge in [0, 0.05) is 5.56 Å². The average molecular weight is 240 g/mol. The number of hydrogen-bond acceptors (Lipinski definition) is 3. The lowest BCUT2D eigenvalue weighted by Gasteiger charge is -2.10. The zero-order valence-electron chi connectivity index (χ0n) is 9.49. The van der Waals surface area contributed by atoms with E-state index < -0.39 is 23.7 Å². The molecule has 0 bridgehead atoms. The van der Waals surface area contributed by atoms with E-state index in [0.717, 1.165) is 6.07 Å². The molecule has 1 aromatic carbocycles. The Hall–Kier alpha value is -2.11. The molecular weight excluding hydrogens is 227 g/mol. The number of nitrogens with two attached hydrogens (primary N) is 1. The summed E-state index contributed by atoms with van der Waals surface area (Å²) in [5.74, 6) is -1.77. The molecule has 0 fully saturated rings. The van der Waals surface area contributed by atoms with E-state index in [0.29, 0.717) is 0 Å². The van der Waals surface area contributed by atoms with E-state index in [1.807, 2.05) is 0 Å². The van der Waals surface area contributed by atoms with Crippen molar-refractivity contribution in [2.45, 2.75) is 13.0 Å². The van der Waals surface area contributed by atoms with Gasteiger partial charge in [0.2, 0.25) is 5.91 Å². The molecular formula is C11H13FN2O3. The number of hydrogen-bond donors (Lipinski definition) is 2. The third-order valence-electron chi connectivity index (χ3n) is 2.19. The first kappa shape index (κ1) is 13.0. The molecule has 0 aromatic heterocycles. The van der Waals surface area contributed by atoms with Gasteiger partial charge >= 0.3 is 0 Å². The summed E-state index contributed by atoms with van der Waals surface area (Å²) in [6, 6.07) is 2.86. The maximum Gasteiger partial charge on any atom is 0.252 e. The van der Waals surface area contributed by atoms with Crippen molar-refractivity contribution in [3.05, 3.63) is 29.6 Å². The van der Waals surface area contributed by atoms with E-state index in [1.165, 1.54) is 26.2 Å². The number of benzene rings is 1. The second-order valence-electron chi connectivity index (χ2n) is 3.45. The molecule has 92 valence electrons. The minimum Gasteiger partial charge on any atom is -0.494 e. The summed E-state index contributed by atoms with van der Waals surface area (Å²) in [7, 11) is 1.30. The van der Waals surface area contributed by atoms with Gasteiger partial charge in [-0.2, -0.15) is 0 Å². The third-order valence-corrected chi connectivity index (χ3v) is 2.19. The summed E-state index contributed by atoms with van der Waals surface area (Å²) in [6.45, 7) is 1.46. The first-order chi connectivity index (χ1) is 7.95. The Morgan fingerprint density at radius 3 is 2.65 bits per heavy atom. The Labute approximate surface area is 97.7 Å². The average Bonchev–Trinajstić information content (AvgIpc) is 2.29. The van der Waals surface area contributed by atoms with Crippen molar-refractivity contribution >= 4 is 11.8 Å². The summed E-state index contributed by atoms with van der Waals surface area (Å²) in [5.41, 5.74) is 5.20. The summed E-state index contributed by atoms with van der Waals surface area (Å²) in [6.07, 6.45) is 0. The zero-order valence-corrected chi connectivity index (χ0v) is 9.49. The SMILES string of the molecule is COc1cc(C(=O)N[C@@H](C)C(N)=O)ccc1F. The highest BCUT2D eigenvalue weighted by atomic mass is 19.1. The van der Waals surface area contributed by atoms with Gasteiger partial charge in [0.25, 0.3) is 5.91 Å². The molecule has 2 amide bonds. The summed E-state index contributed by atoms with van der Waals surface area (Å²) in [4.78, 5) is 22.4. The molecule has 1 rings (SSSR count). The Balaban J connectivity index is 2.86. The fourth-order valence-electron chi connectivity index (χ4n) is 1.15. The maximum absolute atomic E-state index is 13.1. The van der Waals surface area contributed by atoms with Crippen LogP contribution >= 0.6 is 0 Å². The number of halogens is 1. The highest BCUT2D eigenvalue weighted by Crippen LogP contribution is 2.18. The molecule has 0 radical (unpaired) electrons. The minimum absolute atomic E-state index is 0.0376. The summed E-state index contributed by atoms with van der Waals surface area (Å²) >= 11 is 0. The summed E-state index contributed by atoms with van der Waals surface area (Å²) in [5, 5.41) is 2.37. The third kappa shape index (κ3) is 3.17. The Morgan fingerprint density at radius 2 is 2.12 bits per heavy atom. The van der Waals surface area contributed by atoms with Crippen LogP contribution in [0.15, 0.2) is 18.2 Å². The van der Waals surface area contributed by atoms with E-state index in [9.17, 15) is 14.0 Å². The first-order valence-electron chi connectivity index (χ1n) is 4.89. The molecule has 5 nitrogen and oxygen atoms in total. The van der Waals surface area contributed by atoms with Crippen molar-refractivity contribution in [3.63, 3.8) is 0 Å². The van der Waals surface area contributed by atoms with Crippen LogP contribution in [-0.2, 0) is 4.79 Å². The Kier molecular flexibility index (Phi) is 4.03. The molecule has 0 unspecified atom stereocenters. The van der Waals surface area contributed by atoms with E-state index in [1.54, 1.807) is 0 Å². The van der Waals surface area contributed by atoms with Crippen LogP contribution in [0.2, 0.25) is 0 Å². The van der Waals surface area contributed by atoms with Gasteiger partial charge in [-0.1, -0.05) is 0 Å². The number of ether oxygens (including phenoxy) is 1. The Morgan fingerprint density at radius 1 is 1.47 bits per heavy atom. The largest absolute Gasteiger partial charge is 0.494 e. The van der Waals surface area contributed by atoms with Crippen LogP contribution in [-0.4, -0.2) is 25.0 Å². The molecule has 6 heteroatoms. The lowest BCUT2D eigenvalue weighted by molar-refractivity contribution is -0.119. The van der Waals surface area contributed by atoms with Gasteiger partial charge in [-0.05, 0) is 25.1 Å². The molecule has 0 saturated heterocycles. The number of carbonyl (C=O) groups is 2. The van der Waals surface area contributed by atoms with Crippen LogP contribution in [0.3, 0.4) is 0 Å². The molecule has 0 aliphatic carbocycles. The van der Waals surface area contributed by atoms with Crippen molar-refractivity contribution in [2.24, 2.45) is 5.73 Å². The zero-order chi connectivity index (χ0) is 13.0. The van der Waals surface area contributed by atoms with E-state index in [-0.39, 0.29) is 11.3 Å². The highest BCUT2D eigenvalue weighted by molar-refractivity contribution is 5.97. The topological polar surface area (TPSA) is 81.4 Å². The van der Waals surface area contributed by atoms with Crippen molar-refractivity contribution < 1.29 is 18.7 Å². The van der Waals surface area contributed by atoms with Crippen molar-refractivity contribution in [1.82, 2.24) is 5.32 Å². The van der Waals surface area contributed by atoms with Gasteiger partial charge in [0.05, 0.1) is 7.11 Å². The monoisotopic (exact) mass is 240 g/mol. The second kappa shape index (κ2) is 5.29. The normalized spacial score (nSPS) is 11.7. The number of nitrogens with one attached hydrogen (secondary N) is 1. The molecule has 0 aliphatic heterocycles. The van der Waals surface area contributed by atoms with Crippen LogP contribution < -0.4 is 15.8 Å². The fourth-order valence-corrected chi connectivity index (χ4v) is 1.15. The van der Waals surface area contributed by atoms with Crippen molar-refractivity contribution in [1.29, 1.82) is 0 Å². The van der Waals surface area contributed by atoms with Gasteiger partial charge < -0.3 is 15.8 Å². The molecule has 0 aliphatic rings. The number of rotatable bonds is 4. The standard InChI is InChI=1S/C11H13FN2O3/c1-6(10(13)15)14-11(16)7-3-4-8(12)9(5-7)17-2/h3-6H,1-2H3,(H2,13,15)(H,14,16)/t6-/m0/s1. The van der Waals surface area contributed by atoms with Gasteiger partial charge in [0.15, 0.2) is 11.6 Å². The van der Waals surface area contributed by atoms with Gasteiger partial charge in [-0.3, -0.25) is 9.59 Å². The van der Waals surface area contributed by atoms with Crippen LogP contribution in [0.1, 0.15) is 17.3 Å². The first-order valence-corrected chi connectivity index (χ1v) is 4.89. The number of primary amides is 1. The predicted octanol–water partition coefficient (Wildman–Crippen LogP) is 0.438. The van der Waals surface area contributed by atoms with Crippen molar-refractivity contribution in [2.75, 3.05) is 7.11 Å². The molecule has 0 spiro atoms. The lowest BCUT2D eigenvalue weighted by atomic mass is 10.2. The molecule has 1 aromatic rings. The molecule has 1 atom stereocenters. The van der Waals surface area contributed by atoms with Crippen LogP contribution in [0.4, 0.5) is 4.39 Å².